The number of nitrogens with zero attached hydrogens (tertiary/aromatic N) is 1. The molecule has 2 aromatic carbocycles. The summed E-state index contributed by atoms with van der Waals surface area (Å²) in [5, 5.41) is 9.64. The lowest BCUT2D eigenvalue weighted by molar-refractivity contribution is -0.126. The molecule has 1 aliphatic heterocycles. The predicted molar refractivity (Wildman–Crippen MR) is 85.2 cm³/mol. The number of phenols is 1. The van der Waals surface area contributed by atoms with Gasteiger partial charge in [0.1, 0.15) is 11.5 Å². The second-order valence-corrected chi connectivity index (χ2v) is 5.58. The van der Waals surface area contributed by atoms with E-state index >= 15 is 0 Å². The number of rotatable bonds is 3. The Morgan fingerprint density at radius 1 is 1.18 bits per heavy atom. The van der Waals surface area contributed by atoms with Crippen LogP contribution < -0.4 is 9.64 Å². The molecule has 0 spiro atoms. The van der Waals surface area contributed by atoms with Crippen LogP contribution in [0.15, 0.2) is 42.5 Å². The van der Waals surface area contributed by atoms with Crippen molar-refractivity contribution in [2.45, 2.75) is 32.9 Å². The molecular formula is C18H19NO3. The van der Waals surface area contributed by atoms with Crippen molar-refractivity contribution in [1.82, 2.24) is 0 Å². The van der Waals surface area contributed by atoms with Crippen molar-refractivity contribution < 1.29 is 14.6 Å². The second kappa shape index (κ2) is 5.72. The second-order valence-electron chi connectivity index (χ2n) is 5.58. The Labute approximate surface area is 130 Å². The van der Waals surface area contributed by atoms with Crippen molar-refractivity contribution in [2.75, 3.05) is 4.90 Å². The summed E-state index contributed by atoms with van der Waals surface area (Å²) in [5.41, 5.74) is 2.96. The number of benzene rings is 2. The number of anilines is 1. The van der Waals surface area contributed by atoms with Gasteiger partial charge in [0, 0.05) is 6.07 Å². The van der Waals surface area contributed by atoms with E-state index in [0.717, 1.165) is 5.56 Å². The number of amides is 1. The first-order valence-corrected chi connectivity index (χ1v) is 7.45. The number of aromatic hydroxyl groups is 1. The molecule has 0 radical (unpaired) electrons. The highest BCUT2D eigenvalue weighted by Gasteiger charge is 2.33. The fourth-order valence-corrected chi connectivity index (χ4v) is 2.61. The Kier molecular flexibility index (Phi) is 3.75. The van der Waals surface area contributed by atoms with E-state index in [0.29, 0.717) is 24.4 Å². The third kappa shape index (κ3) is 2.64. The molecule has 1 aliphatic rings. The number of phenolic OH excluding ortho intramolecular Hbond substituents is 1. The van der Waals surface area contributed by atoms with E-state index < -0.39 is 6.10 Å². The van der Waals surface area contributed by atoms with Crippen molar-refractivity contribution >= 4 is 11.6 Å². The van der Waals surface area contributed by atoms with Crippen LogP contribution in [0.25, 0.3) is 0 Å². The molecule has 1 N–H and O–H groups in total. The van der Waals surface area contributed by atoms with Crippen LogP contribution in [-0.2, 0) is 11.3 Å². The smallest absolute Gasteiger partial charge is 0.268 e. The molecule has 1 amide bonds. The number of carbonyl (C=O) groups is 1. The van der Waals surface area contributed by atoms with Gasteiger partial charge in [-0.05, 0) is 31.0 Å². The minimum Gasteiger partial charge on any atom is -0.508 e. The monoisotopic (exact) mass is 297 g/mol. The van der Waals surface area contributed by atoms with Crippen LogP contribution in [-0.4, -0.2) is 17.1 Å². The van der Waals surface area contributed by atoms with Gasteiger partial charge in [-0.3, -0.25) is 4.79 Å². The average Bonchev–Trinajstić information content (AvgIpc) is 2.51. The van der Waals surface area contributed by atoms with E-state index in [2.05, 4.69) is 0 Å². The number of fused-ring (bicyclic) bond motifs is 1. The summed E-state index contributed by atoms with van der Waals surface area (Å²) in [6, 6.07) is 13.0. The lowest BCUT2D eigenvalue weighted by atomic mass is 10.1. The summed E-state index contributed by atoms with van der Waals surface area (Å²) >= 11 is 0. The summed E-state index contributed by atoms with van der Waals surface area (Å²) in [5.74, 6) is 0.651. The predicted octanol–water partition coefficient (Wildman–Crippen LogP) is 3.40. The third-order valence-electron chi connectivity index (χ3n) is 3.88. The minimum atomic E-state index is -0.500. The van der Waals surface area contributed by atoms with Crippen molar-refractivity contribution in [3.63, 3.8) is 0 Å². The minimum absolute atomic E-state index is 0.0405. The first-order chi connectivity index (χ1) is 10.6. The summed E-state index contributed by atoms with van der Waals surface area (Å²) in [7, 11) is 0. The van der Waals surface area contributed by atoms with Crippen molar-refractivity contribution in [1.29, 1.82) is 0 Å². The number of hydrogen-bond acceptors (Lipinski definition) is 3. The lowest BCUT2D eigenvalue weighted by Gasteiger charge is -2.34. The van der Waals surface area contributed by atoms with Gasteiger partial charge in [-0.1, -0.05) is 36.8 Å². The SMILES string of the molecule is CCC1Oc2cc(O)ccc2N(Cc2ccc(C)cc2)C1=O. The maximum Gasteiger partial charge on any atom is 0.268 e. The first-order valence-electron chi connectivity index (χ1n) is 7.45. The summed E-state index contributed by atoms with van der Waals surface area (Å²) in [6.45, 7) is 4.45. The summed E-state index contributed by atoms with van der Waals surface area (Å²) in [4.78, 5) is 14.3. The van der Waals surface area contributed by atoms with Gasteiger partial charge < -0.3 is 14.7 Å². The summed E-state index contributed by atoms with van der Waals surface area (Å²) < 4.78 is 5.71. The van der Waals surface area contributed by atoms with Gasteiger partial charge in [0.2, 0.25) is 0 Å². The first kappa shape index (κ1) is 14.4. The number of hydrogen-bond donors (Lipinski definition) is 1. The molecular weight excluding hydrogens is 278 g/mol. The highest BCUT2D eigenvalue weighted by Crippen LogP contribution is 2.38. The molecule has 4 heteroatoms. The summed E-state index contributed by atoms with van der Waals surface area (Å²) in [6.07, 6.45) is 0.0953. The molecule has 0 saturated heterocycles. The molecule has 0 saturated carbocycles. The fourth-order valence-electron chi connectivity index (χ4n) is 2.61. The number of aryl methyl sites for hydroxylation is 1. The van der Waals surface area contributed by atoms with E-state index in [1.54, 1.807) is 23.1 Å². The van der Waals surface area contributed by atoms with Crippen molar-refractivity contribution in [2.24, 2.45) is 0 Å². The van der Waals surface area contributed by atoms with Gasteiger partial charge in [0.05, 0.1) is 12.2 Å². The van der Waals surface area contributed by atoms with E-state index in [-0.39, 0.29) is 11.7 Å². The normalized spacial score (nSPS) is 17.1. The molecule has 1 heterocycles. The Bertz CT molecular complexity index is 694. The molecule has 3 rings (SSSR count). The highest BCUT2D eigenvalue weighted by molar-refractivity contribution is 6.00. The van der Waals surface area contributed by atoms with Gasteiger partial charge in [-0.15, -0.1) is 0 Å². The van der Waals surface area contributed by atoms with Crippen LogP contribution in [0.4, 0.5) is 5.69 Å². The molecule has 22 heavy (non-hydrogen) atoms. The Balaban J connectivity index is 1.97. The number of carbonyl (C=O) groups excluding carboxylic acids is 1. The van der Waals surface area contributed by atoms with Crippen LogP contribution in [0, 0.1) is 6.92 Å². The molecule has 2 aromatic rings. The van der Waals surface area contributed by atoms with Gasteiger partial charge in [-0.25, -0.2) is 0 Å². The molecule has 0 bridgehead atoms. The van der Waals surface area contributed by atoms with E-state index in [1.165, 1.54) is 5.56 Å². The Morgan fingerprint density at radius 2 is 1.91 bits per heavy atom. The zero-order chi connectivity index (χ0) is 15.7. The highest BCUT2D eigenvalue weighted by atomic mass is 16.5. The van der Waals surface area contributed by atoms with E-state index in [1.807, 2.05) is 38.1 Å². The van der Waals surface area contributed by atoms with Gasteiger partial charge in [0.25, 0.3) is 5.91 Å². The zero-order valence-electron chi connectivity index (χ0n) is 12.7. The molecule has 1 atom stereocenters. The molecule has 0 fully saturated rings. The molecule has 0 aromatic heterocycles. The van der Waals surface area contributed by atoms with Crippen LogP contribution in [0.3, 0.4) is 0 Å². The van der Waals surface area contributed by atoms with E-state index in [9.17, 15) is 9.90 Å². The lowest BCUT2D eigenvalue weighted by Crippen LogP contribution is -2.45. The maximum atomic E-state index is 12.6. The van der Waals surface area contributed by atoms with Crippen LogP contribution in [0.1, 0.15) is 24.5 Å². The third-order valence-corrected chi connectivity index (χ3v) is 3.88. The Morgan fingerprint density at radius 3 is 2.59 bits per heavy atom. The van der Waals surface area contributed by atoms with Crippen molar-refractivity contribution in [3.05, 3.63) is 53.6 Å². The molecule has 4 nitrogen and oxygen atoms in total. The molecule has 114 valence electrons. The van der Waals surface area contributed by atoms with Crippen LogP contribution >= 0.6 is 0 Å². The van der Waals surface area contributed by atoms with Crippen LogP contribution in [0.2, 0.25) is 0 Å². The zero-order valence-corrected chi connectivity index (χ0v) is 12.7. The average molecular weight is 297 g/mol. The van der Waals surface area contributed by atoms with Gasteiger partial charge in [0.15, 0.2) is 6.10 Å². The Hall–Kier alpha value is -2.49. The molecule has 0 aliphatic carbocycles. The topological polar surface area (TPSA) is 49.8 Å². The fraction of sp³-hybridized carbons (Fsp3) is 0.278. The quantitative estimate of drug-likeness (QED) is 0.944. The van der Waals surface area contributed by atoms with E-state index in [4.69, 9.17) is 4.74 Å². The van der Waals surface area contributed by atoms with Gasteiger partial charge >= 0.3 is 0 Å². The standard InChI is InChI=1S/C18H19NO3/c1-3-16-18(21)19(11-13-6-4-12(2)5-7-13)15-9-8-14(20)10-17(15)22-16/h4-10,16,20H,3,11H2,1-2H3. The van der Waals surface area contributed by atoms with Gasteiger partial charge in [-0.2, -0.15) is 0 Å². The molecule has 1 unspecified atom stereocenters. The maximum absolute atomic E-state index is 12.6. The largest absolute Gasteiger partial charge is 0.508 e. The van der Waals surface area contributed by atoms with Crippen LogP contribution in [0.5, 0.6) is 11.5 Å². The van der Waals surface area contributed by atoms with Crippen molar-refractivity contribution in [3.8, 4) is 11.5 Å². The number of ether oxygens (including phenoxy) is 1.